The normalized spacial score (nSPS) is 10.9. The van der Waals surface area contributed by atoms with E-state index in [0.29, 0.717) is 5.69 Å². The van der Waals surface area contributed by atoms with Crippen molar-refractivity contribution >= 4 is 32.5 Å². The summed E-state index contributed by atoms with van der Waals surface area (Å²) in [5.41, 5.74) is 0.471. The van der Waals surface area contributed by atoms with Crippen molar-refractivity contribution in [1.29, 1.82) is 0 Å². The van der Waals surface area contributed by atoms with Crippen LogP contribution >= 0.6 is 11.3 Å². The Morgan fingerprint density at radius 3 is 3.00 bits per heavy atom. The quantitative estimate of drug-likeness (QED) is 0.613. The predicted octanol–water partition coefficient (Wildman–Crippen LogP) is 0.786. The van der Waals surface area contributed by atoms with Gasteiger partial charge in [0.2, 0.25) is 10.0 Å². The van der Waals surface area contributed by atoms with Crippen molar-refractivity contribution in [2.24, 2.45) is 0 Å². The summed E-state index contributed by atoms with van der Waals surface area (Å²) >= 11 is 1.11. The summed E-state index contributed by atoms with van der Waals surface area (Å²) in [5, 5.41) is 1.83. The van der Waals surface area contributed by atoms with Crippen LogP contribution in [0.2, 0.25) is 0 Å². The number of sulfonamides is 1. The van der Waals surface area contributed by atoms with E-state index in [1.165, 1.54) is 13.2 Å². The van der Waals surface area contributed by atoms with E-state index < -0.39 is 16.0 Å². The van der Waals surface area contributed by atoms with Gasteiger partial charge in [-0.25, -0.2) is 13.4 Å². The molecule has 0 aromatic carbocycles. The number of carbonyl (C=O) groups excluding carboxylic acids is 1. The molecule has 0 radical (unpaired) electrons. The number of esters is 1. The van der Waals surface area contributed by atoms with Crippen molar-refractivity contribution in [2.45, 2.75) is 6.42 Å². The standard InChI is InChI=1S/C9H12N2O4S2/c1-3-4-17(13,14)11-9-10-7(6-16-9)5-8(12)15-2/h3,6H,1,4-5H2,2H3,(H,10,11). The molecule has 6 nitrogen and oxygen atoms in total. The minimum absolute atomic E-state index is 0.0240. The lowest BCUT2D eigenvalue weighted by molar-refractivity contribution is -0.139. The van der Waals surface area contributed by atoms with Crippen LogP contribution in [0.15, 0.2) is 18.0 Å². The SMILES string of the molecule is C=CCS(=O)(=O)Nc1nc(CC(=O)OC)cs1. The molecule has 0 bridgehead atoms. The Balaban J connectivity index is 2.69. The second-order valence-corrected chi connectivity index (χ2v) is 5.69. The minimum atomic E-state index is -3.44. The molecule has 0 unspecified atom stereocenters. The smallest absolute Gasteiger partial charge is 0.311 e. The summed E-state index contributed by atoms with van der Waals surface area (Å²) in [6.45, 7) is 3.35. The Morgan fingerprint density at radius 2 is 2.41 bits per heavy atom. The summed E-state index contributed by atoms with van der Waals surface area (Å²) < 4.78 is 29.5. The molecule has 0 atom stereocenters. The number of methoxy groups -OCH3 is 1. The van der Waals surface area contributed by atoms with Gasteiger partial charge in [-0.2, -0.15) is 0 Å². The van der Waals surface area contributed by atoms with Crippen LogP contribution in [0.25, 0.3) is 0 Å². The Hall–Kier alpha value is -1.41. The highest BCUT2D eigenvalue weighted by atomic mass is 32.2. The summed E-state index contributed by atoms with van der Waals surface area (Å²) in [4.78, 5) is 14.9. The lowest BCUT2D eigenvalue weighted by Gasteiger charge is -2.00. The largest absolute Gasteiger partial charge is 0.469 e. The number of rotatable bonds is 6. The zero-order valence-electron chi connectivity index (χ0n) is 9.17. The second kappa shape index (κ2) is 5.78. The summed E-state index contributed by atoms with van der Waals surface area (Å²) in [5.74, 6) is -0.602. The lowest BCUT2D eigenvalue weighted by atomic mass is 10.3. The van der Waals surface area contributed by atoms with Gasteiger partial charge in [0.05, 0.1) is 25.0 Å². The zero-order chi connectivity index (χ0) is 12.9. The highest BCUT2D eigenvalue weighted by molar-refractivity contribution is 7.93. The molecule has 1 rings (SSSR count). The first-order chi connectivity index (χ1) is 7.96. The minimum Gasteiger partial charge on any atom is -0.469 e. The maximum Gasteiger partial charge on any atom is 0.311 e. The average molecular weight is 276 g/mol. The first-order valence-electron chi connectivity index (χ1n) is 4.59. The van der Waals surface area contributed by atoms with Crippen molar-refractivity contribution in [3.8, 4) is 0 Å². The fourth-order valence-corrected chi connectivity index (χ4v) is 2.82. The summed E-state index contributed by atoms with van der Waals surface area (Å²) in [6, 6.07) is 0. The fraction of sp³-hybridized carbons (Fsp3) is 0.333. The number of hydrogen-bond donors (Lipinski definition) is 1. The van der Waals surface area contributed by atoms with Gasteiger partial charge >= 0.3 is 5.97 Å². The highest BCUT2D eigenvalue weighted by Gasteiger charge is 2.12. The molecule has 8 heteroatoms. The van der Waals surface area contributed by atoms with Crippen LogP contribution in [-0.4, -0.2) is 32.2 Å². The van der Waals surface area contributed by atoms with Crippen LogP contribution in [0.5, 0.6) is 0 Å². The van der Waals surface area contributed by atoms with Gasteiger partial charge in [0.25, 0.3) is 0 Å². The number of anilines is 1. The molecule has 0 saturated heterocycles. The van der Waals surface area contributed by atoms with Crippen LogP contribution in [-0.2, 0) is 26.0 Å². The lowest BCUT2D eigenvalue weighted by Crippen LogP contribution is -2.15. The number of thiazole rings is 1. The molecule has 0 aliphatic rings. The van der Waals surface area contributed by atoms with Crippen LogP contribution < -0.4 is 4.72 Å². The molecule has 0 fully saturated rings. The fourth-order valence-electron chi connectivity index (χ4n) is 0.985. The summed E-state index contributed by atoms with van der Waals surface area (Å²) in [6.07, 6.45) is 1.31. The molecule has 0 aliphatic carbocycles. The van der Waals surface area contributed by atoms with Crippen molar-refractivity contribution in [1.82, 2.24) is 4.98 Å². The van der Waals surface area contributed by atoms with E-state index in [-0.39, 0.29) is 17.3 Å². The van der Waals surface area contributed by atoms with Crippen LogP contribution in [0.1, 0.15) is 5.69 Å². The van der Waals surface area contributed by atoms with Crippen LogP contribution in [0.4, 0.5) is 5.13 Å². The molecular formula is C9H12N2O4S2. The molecule has 1 N–H and O–H groups in total. The van der Waals surface area contributed by atoms with E-state index in [1.807, 2.05) is 0 Å². The number of carbonyl (C=O) groups is 1. The number of ether oxygens (including phenoxy) is 1. The molecule has 0 aliphatic heterocycles. The highest BCUT2D eigenvalue weighted by Crippen LogP contribution is 2.17. The third-order valence-electron chi connectivity index (χ3n) is 1.68. The van der Waals surface area contributed by atoms with Gasteiger partial charge in [-0.05, 0) is 0 Å². The van der Waals surface area contributed by atoms with E-state index in [0.717, 1.165) is 11.3 Å². The maximum atomic E-state index is 11.4. The Labute approximate surface area is 103 Å². The molecule has 94 valence electrons. The molecule has 0 saturated carbocycles. The Kier molecular flexibility index (Phi) is 4.64. The van der Waals surface area contributed by atoms with E-state index in [1.54, 1.807) is 5.38 Å². The van der Waals surface area contributed by atoms with Crippen molar-refractivity contribution in [2.75, 3.05) is 17.6 Å². The van der Waals surface area contributed by atoms with Crippen molar-refractivity contribution < 1.29 is 17.9 Å². The van der Waals surface area contributed by atoms with Gasteiger partial charge in [0.15, 0.2) is 5.13 Å². The van der Waals surface area contributed by atoms with Gasteiger partial charge in [-0.1, -0.05) is 6.08 Å². The maximum absolute atomic E-state index is 11.4. The molecule has 1 heterocycles. The predicted molar refractivity (Wildman–Crippen MR) is 65.4 cm³/mol. The van der Waals surface area contributed by atoms with E-state index in [2.05, 4.69) is 21.0 Å². The van der Waals surface area contributed by atoms with Gasteiger partial charge in [-0.3, -0.25) is 9.52 Å². The Morgan fingerprint density at radius 1 is 1.71 bits per heavy atom. The van der Waals surface area contributed by atoms with Crippen molar-refractivity contribution in [3.05, 3.63) is 23.7 Å². The van der Waals surface area contributed by atoms with E-state index in [4.69, 9.17) is 0 Å². The average Bonchev–Trinajstić information content (AvgIpc) is 2.64. The van der Waals surface area contributed by atoms with Gasteiger partial charge in [0, 0.05) is 5.38 Å². The van der Waals surface area contributed by atoms with Crippen LogP contribution in [0.3, 0.4) is 0 Å². The van der Waals surface area contributed by atoms with Crippen molar-refractivity contribution in [3.63, 3.8) is 0 Å². The van der Waals surface area contributed by atoms with E-state index in [9.17, 15) is 13.2 Å². The number of hydrogen-bond acceptors (Lipinski definition) is 6. The molecule has 1 aromatic heterocycles. The second-order valence-electron chi connectivity index (χ2n) is 3.07. The Bertz CT molecular complexity index is 507. The first kappa shape index (κ1) is 13.7. The summed E-state index contributed by atoms with van der Waals surface area (Å²) in [7, 11) is -2.16. The molecular weight excluding hydrogens is 264 g/mol. The van der Waals surface area contributed by atoms with E-state index >= 15 is 0 Å². The van der Waals surface area contributed by atoms with Crippen LogP contribution in [0, 0.1) is 0 Å². The molecule has 1 aromatic rings. The van der Waals surface area contributed by atoms with Gasteiger partial charge < -0.3 is 4.74 Å². The third-order valence-corrected chi connectivity index (χ3v) is 3.80. The monoisotopic (exact) mass is 276 g/mol. The number of nitrogens with one attached hydrogen (secondary N) is 1. The molecule has 0 spiro atoms. The first-order valence-corrected chi connectivity index (χ1v) is 7.12. The molecule has 0 amide bonds. The number of nitrogens with zero attached hydrogens (tertiary/aromatic N) is 1. The zero-order valence-corrected chi connectivity index (χ0v) is 10.8. The van der Waals surface area contributed by atoms with Gasteiger partial charge in [-0.15, -0.1) is 17.9 Å². The molecule has 17 heavy (non-hydrogen) atoms. The number of aromatic nitrogens is 1. The third kappa shape index (κ3) is 4.53. The topological polar surface area (TPSA) is 85.4 Å². The van der Waals surface area contributed by atoms with Gasteiger partial charge in [0.1, 0.15) is 0 Å².